The lowest BCUT2D eigenvalue weighted by Crippen LogP contribution is -2.37. The van der Waals surface area contributed by atoms with E-state index in [-0.39, 0.29) is 17.7 Å². The molecule has 1 aromatic heterocycles. The van der Waals surface area contributed by atoms with Crippen LogP contribution >= 0.6 is 0 Å². The number of piperidine rings is 1. The highest BCUT2D eigenvalue weighted by molar-refractivity contribution is 6.14. The van der Waals surface area contributed by atoms with Gasteiger partial charge >= 0.3 is 0 Å². The Kier molecular flexibility index (Phi) is 6.27. The number of halogens is 1. The predicted octanol–water partition coefficient (Wildman–Crippen LogP) is 4.15. The standard InChI is InChI=1S/C23H29FN4O2/c1-4-9-29-17-5-7-28(8-6-17)22-12-20(26-14-27-22)23-18-11-21(30-15(2)3)19(24)10-16(18)13-25-23/h10-12,14-15,17H,4-9,13H2,1-3H3. The summed E-state index contributed by atoms with van der Waals surface area (Å²) >= 11 is 0. The molecule has 4 rings (SSSR count). The molecule has 30 heavy (non-hydrogen) atoms. The van der Waals surface area contributed by atoms with E-state index in [1.165, 1.54) is 6.07 Å². The Bertz CT molecular complexity index is 923. The molecule has 7 heteroatoms. The molecule has 160 valence electrons. The van der Waals surface area contributed by atoms with Crippen LogP contribution in [0.15, 0.2) is 29.5 Å². The first kappa shape index (κ1) is 20.7. The minimum Gasteiger partial charge on any atom is -0.488 e. The summed E-state index contributed by atoms with van der Waals surface area (Å²) in [5.74, 6) is 0.795. The van der Waals surface area contributed by atoms with Crippen LogP contribution in [0.4, 0.5) is 10.2 Å². The van der Waals surface area contributed by atoms with Crippen molar-refractivity contribution in [2.75, 3.05) is 24.6 Å². The molecule has 1 saturated heterocycles. The molecule has 0 atom stereocenters. The van der Waals surface area contributed by atoms with E-state index in [0.717, 1.165) is 67.3 Å². The van der Waals surface area contributed by atoms with Crippen LogP contribution in [0.1, 0.15) is 56.9 Å². The second-order valence-electron chi connectivity index (χ2n) is 8.09. The SMILES string of the molecule is CCCOC1CCN(c2cc(C3=NCc4cc(F)c(OC(C)C)cc43)ncn2)CC1. The molecule has 0 spiro atoms. The van der Waals surface area contributed by atoms with E-state index < -0.39 is 0 Å². The summed E-state index contributed by atoms with van der Waals surface area (Å²) < 4.78 is 25.8. The van der Waals surface area contributed by atoms with Gasteiger partial charge in [0.2, 0.25) is 0 Å². The second-order valence-corrected chi connectivity index (χ2v) is 8.09. The van der Waals surface area contributed by atoms with Crippen molar-refractivity contribution in [2.24, 2.45) is 4.99 Å². The number of benzene rings is 1. The summed E-state index contributed by atoms with van der Waals surface area (Å²) in [5.41, 5.74) is 3.25. The minimum absolute atomic E-state index is 0.103. The molecule has 3 heterocycles. The van der Waals surface area contributed by atoms with E-state index in [1.54, 1.807) is 12.4 Å². The second kappa shape index (κ2) is 9.08. The van der Waals surface area contributed by atoms with Crippen molar-refractivity contribution in [1.82, 2.24) is 9.97 Å². The van der Waals surface area contributed by atoms with Crippen molar-refractivity contribution in [1.29, 1.82) is 0 Å². The number of ether oxygens (including phenoxy) is 2. The van der Waals surface area contributed by atoms with Gasteiger partial charge in [0.25, 0.3) is 0 Å². The molecule has 0 aliphatic carbocycles. The van der Waals surface area contributed by atoms with E-state index in [9.17, 15) is 4.39 Å². The Morgan fingerprint density at radius 1 is 1.17 bits per heavy atom. The quantitative estimate of drug-likeness (QED) is 0.684. The summed E-state index contributed by atoms with van der Waals surface area (Å²) in [5, 5.41) is 0. The largest absolute Gasteiger partial charge is 0.488 e. The summed E-state index contributed by atoms with van der Waals surface area (Å²) in [7, 11) is 0. The van der Waals surface area contributed by atoms with Crippen LogP contribution in [0.2, 0.25) is 0 Å². The first-order valence-electron chi connectivity index (χ1n) is 10.8. The predicted molar refractivity (Wildman–Crippen MR) is 115 cm³/mol. The van der Waals surface area contributed by atoms with E-state index in [4.69, 9.17) is 9.47 Å². The Morgan fingerprint density at radius 2 is 1.97 bits per heavy atom. The molecule has 2 aliphatic rings. The van der Waals surface area contributed by atoms with Gasteiger partial charge < -0.3 is 14.4 Å². The smallest absolute Gasteiger partial charge is 0.165 e. The molecule has 2 aromatic rings. The fourth-order valence-corrected chi connectivity index (χ4v) is 3.94. The van der Waals surface area contributed by atoms with Gasteiger partial charge in [-0.05, 0) is 50.8 Å². The highest BCUT2D eigenvalue weighted by Crippen LogP contribution is 2.30. The monoisotopic (exact) mass is 412 g/mol. The van der Waals surface area contributed by atoms with Gasteiger partial charge in [-0.3, -0.25) is 4.99 Å². The number of anilines is 1. The van der Waals surface area contributed by atoms with Gasteiger partial charge in [-0.2, -0.15) is 0 Å². The molecule has 0 unspecified atom stereocenters. The molecule has 0 radical (unpaired) electrons. The Morgan fingerprint density at radius 3 is 2.70 bits per heavy atom. The van der Waals surface area contributed by atoms with Gasteiger partial charge in [-0.15, -0.1) is 0 Å². The first-order valence-corrected chi connectivity index (χ1v) is 10.8. The average Bonchev–Trinajstić information content (AvgIpc) is 3.15. The Hall–Kier alpha value is -2.54. The van der Waals surface area contributed by atoms with Crippen LogP contribution in [0.5, 0.6) is 5.75 Å². The van der Waals surface area contributed by atoms with E-state index in [1.807, 2.05) is 19.9 Å². The maximum Gasteiger partial charge on any atom is 0.165 e. The van der Waals surface area contributed by atoms with Gasteiger partial charge in [-0.1, -0.05) is 6.92 Å². The van der Waals surface area contributed by atoms with Crippen LogP contribution in [0.3, 0.4) is 0 Å². The summed E-state index contributed by atoms with van der Waals surface area (Å²) in [6.07, 6.45) is 4.86. The van der Waals surface area contributed by atoms with Gasteiger partial charge in [0, 0.05) is 31.3 Å². The number of nitrogens with zero attached hydrogens (tertiary/aromatic N) is 4. The summed E-state index contributed by atoms with van der Waals surface area (Å²) in [4.78, 5) is 15.8. The molecular weight excluding hydrogens is 383 g/mol. The van der Waals surface area contributed by atoms with Crippen LogP contribution in [0.25, 0.3) is 0 Å². The zero-order valence-corrected chi connectivity index (χ0v) is 17.9. The molecule has 0 N–H and O–H groups in total. The fourth-order valence-electron chi connectivity index (χ4n) is 3.94. The molecular formula is C23H29FN4O2. The fraction of sp³-hybridized carbons (Fsp3) is 0.522. The van der Waals surface area contributed by atoms with Crippen LogP contribution in [-0.2, 0) is 11.3 Å². The molecule has 1 fully saturated rings. The molecule has 6 nitrogen and oxygen atoms in total. The third-order valence-electron chi connectivity index (χ3n) is 5.40. The maximum absolute atomic E-state index is 14.3. The molecule has 0 bridgehead atoms. The average molecular weight is 413 g/mol. The maximum atomic E-state index is 14.3. The van der Waals surface area contributed by atoms with Crippen molar-refractivity contribution in [3.05, 3.63) is 47.2 Å². The lowest BCUT2D eigenvalue weighted by molar-refractivity contribution is 0.0374. The Balaban J connectivity index is 1.52. The lowest BCUT2D eigenvalue weighted by atomic mass is 10.0. The number of aromatic nitrogens is 2. The van der Waals surface area contributed by atoms with Crippen LogP contribution < -0.4 is 9.64 Å². The highest BCUT2D eigenvalue weighted by Gasteiger charge is 2.25. The number of hydrogen-bond acceptors (Lipinski definition) is 6. The van der Waals surface area contributed by atoms with E-state index in [0.29, 0.717) is 12.6 Å². The summed E-state index contributed by atoms with van der Waals surface area (Å²) in [6.45, 7) is 8.99. The normalized spacial score (nSPS) is 16.7. The Labute approximate surface area is 177 Å². The molecule has 1 aromatic carbocycles. The first-order chi connectivity index (χ1) is 14.5. The topological polar surface area (TPSA) is 59.8 Å². The van der Waals surface area contributed by atoms with Gasteiger partial charge in [0.1, 0.15) is 12.1 Å². The summed E-state index contributed by atoms with van der Waals surface area (Å²) in [6, 6.07) is 5.25. The lowest BCUT2D eigenvalue weighted by Gasteiger charge is -2.32. The van der Waals surface area contributed by atoms with Gasteiger partial charge in [-0.25, -0.2) is 14.4 Å². The van der Waals surface area contributed by atoms with Gasteiger partial charge in [0.15, 0.2) is 11.6 Å². The molecule has 0 amide bonds. The third kappa shape index (κ3) is 4.46. The zero-order chi connectivity index (χ0) is 21.1. The number of rotatable bonds is 7. The number of aliphatic imine (C=N–C) groups is 1. The van der Waals surface area contributed by atoms with Crippen LogP contribution in [-0.4, -0.2) is 47.6 Å². The van der Waals surface area contributed by atoms with Crippen molar-refractivity contribution in [2.45, 2.75) is 58.8 Å². The minimum atomic E-state index is -0.351. The highest BCUT2D eigenvalue weighted by atomic mass is 19.1. The number of hydrogen-bond donors (Lipinski definition) is 0. The third-order valence-corrected chi connectivity index (χ3v) is 5.40. The number of fused-ring (bicyclic) bond motifs is 1. The van der Waals surface area contributed by atoms with E-state index >= 15 is 0 Å². The van der Waals surface area contributed by atoms with Crippen molar-refractivity contribution in [3.63, 3.8) is 0 Å². The van der Waals surface area contributed by atoms with Crippen molar-refractivity contribution in [3.8, 4) is 5.75 Å². The van der Waals surface area contributed by atoms with Crippen LogP contribution in [0, 0.1) is 5.82 Å². The van der Waals surface area contributed by atoms with E-state index in [2.05, 4.69) is 26.8 Å². The molecule has 0 saturated carbocycles. The van der Waals surface area contributed by atoms with Crippen molar-refractivity contribution >= 4 is 11.5 Å². The van der Waals surface area contributed by atoms with Crippen molar-refractivity contribution < 1.29 is 13.9 Å². The van der Waals surface area contributed by atoms with Gasteiger partial charge in [0.05, 0.1) is 30.2 Å². The zero-order valence-electron chi connectivity index (χ0n) is 17.9. The molecule has 2 aliphatic heterocycles.